The van der Waals surface area contributed by atoms with Crippen molar-refractivity contribution in [3.05, 3.63) is 29.8 Å². The van der Waals surface area contributed by atoms with Crippen molar-refractivity contribution in [1.29, 1.82) is 0 Å². The minimum absolute atomic E-state index is 0.0669. The van der Waals surface area contributed by atoms with Gasteiger partial charge in [0.2, 0.25) is 5.91 Å². The van der Waals surface area contributed by atoms with Gasteiger partial charge >= 0.3 is 0 Å². The summed E-state index contributed by atoms with van der Waals surface area (Å²) in [6, 6.07) is 7.53. The van der Waals surface area contributed by atoms with Gasteiger partial charge in [-0.2, -0.15) is 0 Å². The molecule has 0 aliphatic rings. The van der Waals surface area contributed by atoms with Gasteiger partial charge in [-0.15, -0.1) is 0 Å². The van der Waals surface area contributed by atoms with Crippen LogP contribution >= 0.6 is 0 Å². The van der Waals surface area contributed by atoms with Crippen LogP contribution in [0.25, 0.3) is 0 Å². The van der Waals surface area contributed by atoms with Gasteiger partial charge in [-0.1, -0.05) is 31.5 Å². The van der Waals surface area contributed by atoms with E-state index in [9.17, 15) is 4.79 Å². The average Bonchev–Trinajstić information content (AvgIpc) is 2.50. The van der Waals surface area contributed by atoms with Gasteiger partial charge in [-0.05, 0) is 18.1 Å². The summed E-state index contributed by atoms with van der Waals surface area (Å²) in [6.07, 6.45) is 2.53. The van der Waals surface area contributed by atoms with Crippen molar-refractivity contribution in [2.75, 3.05) is 31.7 Å². The molecule has 0 radical (unpaired) electrons. The zero-order valence-corrected chi connectivity index (χ0v) is 12.8. The summed E-state index contributed by atoms with van der Waals surface area (Å²) in [4.78, 5) is 11.8. The molecule has 5 heteroatoms. The van der Waals surface area contributed by atoms with Crippen LogP contribution < -0.4 is 11.1 Å². The Hall–Kier alpha value is -1.43. The molecule has 1 rings (SSSR count). The van der Waals surface area contributed by atoms with Crippen LogP contribution in [0.1, 0.15) is 31.7 Å². The minimum atomic E-state index is -0.0669. The molecule has 0 spiro atoms. The summed E-state index contributed by atoms with van der Waals surface area (Å²) in [7, 11) is 0. The largest absolute Gasteiger partial charge is 0.379 e. The van der Waals surface area contributed by atoms with E-state index in [0.29, 0.717) is 32.8 Å². The van der Waals surface area contributed by atoms with E-state index in [-0.39, 0.29) is 5.91 Å². The highest BCUT2D eigenvalue weighted by atomic mass is 16.5. The number of nitrogens with two attached hydrogens (primary N) is 1. The molecule has 5 nitrogen and oxygen atoms in total. The summed E-state index contributed by atoms with van der Waals surface area (Å²) < 4.78 is 10.7. The van der Waals surface area contributed by atoms with Crippen LogP contribution in [0.2, 0.25) is 0 Å². The molecular weight excluding hydrogens is 268 g/mol. The first kappa shape index (κ1) is 17.6. The third kappa shape index (κ3) is 7.80. The lowest BCUT2D eigenvalue weighted by atomic mass is 10.2. The fraction of sp³-hybridized carbons (Fsp3) is 0.562. The Morgan fingerprint density at radius 2 is 1.86 bits per heavy atom. The fourth-order valence-electron chi connectivity index (χ4n) is 1.77. The van der Waals surface area contributed by atoms with Crippen LogP contribution in [0.4, 0.5) is 5.69 Å². The van der Waals surface area contributed by atoms with Crippen LogP contribution in [-0.2, 0) is 20.8 Å². The number of rotatable bonds is 11. The molecule has 0 atom stereocenters. The number of hydrogen-bond acceptors (Lipinski definition) is 4. The van der Waals surface area contributed by atoms with Gasteiger partial charge in [0, 0.05) is 18.8 Å². The Balaban J connectivity index is 2.11. The number of ether oxygens (including phenoxy) is 2. The van der Waals surface area contributed by atoms with Gasteiger partial charge in [-0.25, -0.2) is 0 Å². The van der Waals surface area contributed by atoms with Crippen molar-refractivity contribution in [3.63, 3.8) is 0 Å². The summed E-state index contributed by atoms with van der Waals surface area (Å²) in [5, 5.41) is 2.85. The van der Waals surface area contributed by atoms with E-state index >= 15 is 0 Å². The van der Waals surface area contributed by atoms with Crippen molar-refractivity contribution in [2.45, 2.75) is 32.7 Å². The van der Waals surface area contributed by atoms with Crippen molar-refractivity contribution >= 4 is 11.6 Å². The summed E-state index contributed by atoms with van der Waals surface area (Å²) in [6.45, 7) is 4.81. The van der Waals surface area contributed by atoms with Gasteiger partial charge in [0.15, 0.2) is 0 Å². The molecule has 1 aromatic rings. The molecule has 3 N–H and O–H groups in total. The Bertz CT molecular complexity index is 410. The molecule has 0 unspecified atom stereocenters. The average molecular weight is 294 g/mol. The van der Waals surface area contributed by atoms with E-state index in [0.717, 1.165) is 30.7 Å². The molecule has 0 aromatic heterocycles. The molecule has 21 heavy (non-hydrogen) atoms. The van der Waals surface area contributed by atoms with Crippen LogP contribution in [-0.4, -0.2) is 32.3 Å². The Morgan fingerprint density at radius 1 is 1.14 bits per heavy atom. The van der Waals surface area contributed by atoms with Crippen LogP contribution in [0.3, 0.4) is 0 Å². The highest BCUT2D eigenvalue weighted by molar-refractivity contribution is 5.91. The summed E-state index contributed by atoms with van der Waals surface area (Å²) >= 11 is 0. The van der Waals surface area contributed by atoms with Crippen LogP contribution in [0.15, 0.2) is 24.3 Å². The number of carbonyl (C=O) groups excluding carboxylic acids is 1. The second-order valence-corrected chi connectivity index (χ2v) is 4.74. The molecule has 0 saturated carbocycles. The number of para-hydroxylation sites is 1. The monoisotopic (exact) mass is 294 g/mol. The minimum Gasteiger partial charge on any atom is -0.379 e. The second-order valence-electron chi connectivity index (χ2n) is 4.74. The van der Waals surface area contributed by atoms with Gasteiger partial charge in [0.1, 0.15) is 0 Å². The summed E-state index contributed by atoms with van der Waals surface area (Å²) in [5.41, 5.74) is 7.32. The van der Waals surface area contributed by atoms with Crippen molar-refractivity contribution in [1.82, 2.24) is 0 Å². The molecule has 1 aromatic carbocycles. The molecule has 1 amide bonds. The predicted octanol–water partition coefficient (Wildman–Crippen LogP) is 2.31. The molecule has 0 heterocycles. The molecule has 0 saturated heterocycles. The lowest BCUT2D eigenvalue weighted by Gasteiger charge is -2.10. The first-order valence-corrected chi connectivity index (χ1v) is 7.51. The van der Waals surface area contributed by atoms with Crippen LogP contribution in [0, 0.1) is 0 Å². The highest BCUT2D eigenvalue weighted by Gasteiger charge is 2.05. The van der Waals surface area contributed by atoms with Crippen LogP contribution in [0.5, 0.6) is 0 Å². The number of nitrogens with one attached hydrogen (secondary N) is 1. The molecule has 118 valence electrons. The Labute approximate surface area is 126 Å². The number of amides is 1. The molecule has 0 bridgehead atoms. The normalized spacial score (nSPS) is 10.6. The van der Waals surface area contributed by atoms with Crippen molar-refractivity contribution < 1.29 is 14.3 Å². The fourth-order valence-corrected chi connectivity index (χ4v) is 1.77. The number of unbranched alkanes of at least 4 members (excludes halogenated alkanes) is 1. The summed E-state index contributed by atoms with van der Waals surface area (Å²) in [5.74, 6) is -0.0669. The third-order valence-electron chi connectivity index (χ3n) is 3.00. The number of hydrogen-bond donors (Lipinski definition) is 2. The van der Waals surface area contributed by atoms with E-state index in [1.807, 2.05) is 24.3 Å². The van der Waals surface area contributed by atoms with Crippen molar-refractivity contribution in [2.24, 2.45) is 5.73 Å². The van der Waals surface area contributed by atoms with E-state index < -0.39 is 0 Å². The third-order valence-corrected chi connectivity index (χ3v) is 3.00. The van der Waals surface area contributed by atoms with Gasteiger partial charge in [-0.3, -0.25) is 4.79 Å². The maximum atomic E-state index is 11.8. The Morgan fingerprint density at radius 3 is 2.57 bits per heavy atom. The topological polar surface area (TPSA) is 73.6 Å². The molecule has 0 aliphatic heterocycles. The molecular formula is C16H26N2O3. The molecule has 0 fully saturated rings. The SMILES string of the molecule is CCCCOCCOCCC(=O)Nc1ccccc1CN. The number of carbonyl (C=O) groups is 1. The molecule has 0 aliphatic carbocycles. The standard InChI is InChI=1S/C16H26N2O3/c1-2-3-9-20-11-12-21-10-8-16(19)18-15-7-5-4-6-14(15)13-17/h4-7H,2-3,8-13,17H2,1H3,(H,18,19). The van der Waals surface area contributed by atoms with E-state index in [1.165, 1.54) is 0 Å². The predicted molar refractivity (Wildman–Crippen MR) is 84.1 cm³/mol. The number of anilines is 1. The lowest BCUT2D eigenvalue weighted by Crippen LogP contribution is -2.17. The van der Waals surface area contributed by atoms with E-state index in [1.54, 1.807) is 0 Å². The van der Waals surface area contributed by atoms with Gasteiger partial charge in [0.25, 0.3) is 0 Å². The van der Waals surface area contributed by atoms with Gasteiger partial charge < -0.3 is 20.5 Å². The van der Waals surface area contributed by atoms with E-state index in [4.69, 9.17) is 15.2 Å². The first-order chi connectivity index (χ1) is 10.3. The lowest BCUT2D eigenvalue weighted by molar-refractivity contribution is -0.117. The maximum absolute atomic E-state index is 11.8. The van der Waals surface area contributed by atoms with E-state index in [2.05, 4.69) is 12.2 Å². The number of benzene rings is 1. The maximum Gasteiger partial charge on any atom is 0.226 e. The first-order valence-electron chi connectivity index (χ1n) is 7.51. The zero-order valence-electron chi connectivity index (χ0n) is 12.8. The second kappa shape index (κ2) is 11.3. The highest BCUT2D eigenvalue weighted by Crippen LogP contribution is 2.14. The smallest absolute Gasteiger partial charge is 0.226 e. The van der Waals surface area contributed by atoms with Crippen molar-refractivity contribution in [3.8, 4) is 0 Å². The Kier molecular flexibility index (Phi) is 9.44. The van der Waals surface area contributed by atoms with Gasteiger partial charge in [0.05, 0.1) is 26.2 Å². The quantitative estimate of drug-likeness (QED) is 0.614. The zero-order chi connectivity index (χ0) is 15.3.